The molecule has 0 aromatic heterocycles. The van der Waals surface area contributed by atoms with Gasteiger partial charge in [-0.1, -0.05) is 55.0 Å². The summed E-state index contributed by atoms with van der Waals surface area (Å²) >= 11 is 0. The summed E-state index contributed by atoms with van der Waals surface area (Å²) in [5, 5.41) is 3.08. The molecule has 0 bridgehead atoms. The van der Waals surface area contributed by atoms with E-state index in [4.69, 9.17) is 4.74 Å². The van der Waals surface area contributed by atoms with Gasteiger partial charge in [0, 0.05) is 12.0 Å². The molecule has 23 heavy (non-hydrogen) atoms. The molecule has 2 aromatic rings. The minimum atomic E-state index is -0.0830. The van der Waals surface area contributed by atoms with Gasteiger partial charge in [0.2, 0.25) is 5.91 Å². The van der Waals surface area contributed by atoms with Crippen LogP contribution in [0, 0.1) is 6.92 Å². The number of ether oxygens (including phenoxy) is 1. The molecule has 2 rings (SSSR count). The molecule has 0 spiro atoms. The van der Waals surface area contributed by atoms with Crippen molar-refractivity contribution in [1.29, 1.82) is 0 Å². The van der Waals surface area contributed by atoms with E-state index in [0.29, 0.717) is 6.42 Å². The molecule has 2 atom stereocenters. The molecule has 0 aliphatic heterocycles. The molecule has 0 aliphatic rings. The maximum Gasteiger partial charge on any atom is 0.221 e. The van der Waals surface area contributed by atoms with Crippen molar-refractivity contribution in [3.05, 3.63) is 65.2 Å². The number of amides is 1. The van der Waals surface area contributed by atoms with Gasteiger partial charge in [0.05, 0.1) is 13.2 Å². The van der Waals surface area contributed by atoms with Crippen LogP contribution >= 0.6 is 0 Å². The van der Waals surface area contributed by atoms with Gasteiger partial charge in [0.25, 0.3) is 0 Å². The van der Waals surface area contributed by atoms with Gasteiger partial charge in [0.1, 0.15) is 5.75 Å². The Balaban J connectivity index is 2.01. The molecule has 2 aromatic carbocycles. The Morgan fingerprint density at radius 1 is 1.13 bits per heavy atom. The van der Waals surface area contributed by atoms with E-state index in [1.165, 1.54) is 5.56 Å². The van der Waals surface area contributed by atoms with Crippen molar-refractivity contribution in [3.8, 4) is 5.75 Å². The highest BCUT2D eigenvalue weighted by atomic mass is 16.5. The Kier molecular flexibility index (Phi) is 5.80. The van der Waals surface area contributed by atoms with Crippen LogP contribution in [0.5, 0.6) is 5.75 Å². The largest absolute Gasteiger partial charge is 0.496 e. The second-order valence-electron chi connectivity index (χ2n) is 6.05. The first kappa shape index (κ1) is 17.1. The van der Waals surface area contributed by atoms with Gasteiger partial charge in [-0.05, 0) is 31.4 Å². The lowest BCUT2D eigenvalue weighted by Crippen LogP contribution is -2.28. The van der Waals surface area contributed by atoms with E-state index in [-0.39, 0.29) is 17.9 Å². The predicted octanol–water partition coefficient (Wildman–Crippen LogP) is 4.37. The number of hydrogen-bond donors (Lipinski definition) is 1. The SMILES string of the molecule is COc1ccc(C)cc1C(C)NC(=O)CC(C)c1ccccc1. The van der Waals surface area contributed by atoms with Crippen LogP contribution in [0.15, 0.2) is 48.5 Å². The zero-order valence-electron chi connectivity index (χ0n) is 14.3. The van der Waals surface area contributed by atoms with Gasteiger partial charge >= 0.3 is 0 Å². The van der Waals surface area contributed by atoms with Gasteiger partial charge in [-0.3, -0.25) is 4.79 Å². The minimum absolute atomic E-state index is 0.0532. The molecule has 2 unspecified atom stereocenters. The fourth-order valence-electron chi connectivity index (χ4n) is 2.75. The minimum Gasteiger partial charge on any atom is -0.496 e. The third kappa shape index (κ3) is 4.59. The molecule has 0 aliphatic carbocycles. The van der Waals surface area contributed by atoms with Crippen LogP contribution in [0.3, 0.4) is 0 Å². The number of rotatable bonds is 6. The quantitative estimate of drug-likeness (QED) is 0.860. The standard InChI is InChI=1S/C20H25NO2/c1-14-10-11-19(23-4)18(12-14)16(3)21-20(22)13-15(2)17-8-6-5-7-9-17/h5-12,15-16H,13H2,1-4H3,(H,21,22). The van der Waals surface area contributed by atoms with Crippen molar-refractivity contribution < 1.29 is 9.53 Å². The van der Waals surface area contributed by atoms with Gasteiger partial charge in [-0.2, -0.15) is 0 Å². The highest BCUT2D eigenvalue weighted by Gasteiger charge is 2.16. The summed E-state index contributed by atoms with van der Waals surface area (Å²) < 4.78 is 5.40. The van der Waals surface area contributed by atoms with Crippen molar-refractivity contribution in [1.82, 2.24) is 5.32 Å². The number of hydrogen-bond acceptors (Lipinski definition) is 2. The van der Waals surface area contributed by atoms with Crippen LogP contribution in [0.25, 0.3) is 0 Å². The van der Waals surface area contributed by atoms with Crippen molar-refractivity contribution in [3.63, 3.8) is 0 Å². The average Bonchev–Trinajstić information content (AvgIpc) is 2.55. The lowest BCUT2D eigenvalue weighted by atomic mass is 9.97. The first-order valence-corrected chi connectivity index (χ1v) is 8.00. The maximum atomic E-state index is 12.3. The van der Waals surface area contributed by atoms with Crippen LogP contribution in [0.4, 0.5) is 0 Å². The molecule has 0 saturated heterocycles. The Bertz CT molecular complexity index is 652. The molecule has 0 saturated carbocycles. The Morgan fingerprint density at radius 3 is 2.48 bits per heavy atom. The van der Waals surface area contributed by atoms with Gasteiger partial charge in [-0.25, -0.2) is 0 Å². The van der Waals surface area contributed by atoms with E-state index in [9.17, 15) is 4.79 Å². The topological polar surface area (TPSA) is 38.3 Å². The first-order chi connectivity index (χ1) is 11.0. The van der Waals surface area contributed by atoms with E-state index in [1.807, 2.05) is 44.2 Å². The van der Waals surface area contributed by atoms with E-state index < -0.39 is 0 Å². The number of nitrogens with one attached hydrogen (secondary N) is 1. The highest BCUT2D eigenvalue weighted by Crippen LogP contribution is 2.26. The van der Waals surface area contributed by atoms with Crippen LogP contribution < -0.4 is 10.1 Å². The van der Waals surface area contributed by atoms with Gasteiger partial charge in [-0.15, -0.1) is 0 Å². The van der Waals surface area contributed by atoms with Gasteiger partial charge in [0.15, 0.2) is 0 Å². The van der Waals surface area contributed by atoms with Crippen molar-refractivity contribution >= 4 is 5.91 Å². The summed E-state index contributed by atoms with van der Waals surface area (Å²) in [5.41, 5.74) is 3.34. The third-order valence-corrected chi connectivity index (χ3v) is 4.09. The van der Waals surface area contributed by atoms with E-state index in [0.717, 1.165) is 16.9 Å². The molecule has 0 fully saturated rings. The molecular formula is C20H25NO2. The summed E-state index contributed by atoms with van der Waals surface area (Å²) in [6, 6.07) is 16.0. The number of methoxy groups -OCH3 is 1. The molecule has 1 N–H and O–H groups in total. The molecule has 3 nitrogen and oxygen atoms in total. The van der Waals surface area contributed by atoms with Crippen molar-refractivity contribution in [2.24, 2.45) is 0 Å². The average molecular weight is 311 g/mol. The smallest absolute Gasteiger partial charge is 0.221 e. The molecule has 0 radical (unpaired) electrons. The van der Waals surface area contributed by atoms with E-state index in [1.54, 1.807) is 7.11 Å². The highest BCUT2D eigenvalue weighted by molar-refractivity contribution is 5.77. The fraction of sp³-hybridized carbons (Fsp3) is 0.350. The lowest BCUT2D eigenvalue weighted by Gasteiger charge is -2.19. The summed E-state index contributed by atoms with van der Waals surface area (Å²) in [4.78, 5) is 12.3. The predicted molar refractivity (Wildman–Crippen MR) is 93.8 cm³/mol. The number of aryl methyl sites for hydroxylation is 1. The third-order valence-electron chi connectivity index (χ3n) is 4.09. The molecular weight excluding hydrogens is 286 g/mol. The summed E-state index contributed by atoms with van der Waals surface area (Å²) in [6.07, 6.45) is 0.475. The lowest BCUT2D eigenvalue weighted by molar-refractivity contribution is -0.122. The maximum absolute atomic E-state index is 12.3. The van der Waals surface area contributed by atoms with Gasteiger partial charge < -0.3 is 10.1 Å². The monoisotopic (exact) mass is 311 g/mol. The Hall–Kier alpha value is -2.29. The summed E-state index contributed by atoms with van der Waals surface area (Å²) in [5.74, 6) is 1.06. The van der Waals surface area contributed by atoms with Crippen LogP contribution in [-0.2, 0) is 4.79 Å². The number of carbonyl (C=O) groups excluding carboxylic acids is 1. The molecule has 1 amide bonds. The number of benzene rings is 2. The second kappa shape index (κ2) is 7.82. The normalized spacial score (nSPS) is 13.2. The van der Waals surface area contributed by atoms with Crippen LogP contribution in [-0.4, -0.2) is 13.0 Å². The number of carbonyl (C=O) groups is 1. The zero-order valence-corrected chi connectivity index (χ0v) is 14.3. The van der Waals surface area contributed by atoms with E-state index in [2.05, 4.69) is 30.4 Å². The zero-order chi connectivity index (χ0) is 16.8. The first-order valence-electron chi connectivity index (χ1n) is 8.00. The van der Waals surface area contributed by atoms with Crippen LogP contribution in [0.2, 0.25) is 0 Å². The Morgan fingerprint density at radius 2 is 1.83 bits per heavy atom. The van der Waals surface area contributed by atoms with Crippen molar-refractivity contribution in [2.75, 3.05) is 7.11 Å². The van der Waals surface area contributed by atoms with Crippen molar-refractivity contribution in [2.45, 2.75) is 39.2 Å². The fourth-order valence-corrected chi connectivity index (χ4v) is 2.75. The molecule has 122 valence electrons. The Labute approximate surface area is 138 Å². The molecule has 0 heterocycles. The van der Waals surface area contributed by atoms with Crippen LogP contribution in [0.1, 0.15) is 48.9 Å². The second-order valence-corrected chi connectivity index (χ2v) is 6.05. The summed E-state index contributed by atoms with van der Waals surface area (Å²) in [6.45, 7) is 6.10. The van der Waals surface area contributed by atoms with E-state index >= 15 is 0 Å². The summed E-state index contributed by atoms with van der Waals surface area (Å²) in [7, 11) is 1.65. The molecule has 3 heteroatoms.